The molecule has 9 heteroatoms. The third-order valence-corrected chi connectivity index (χ3v) is 5.88. The molecular weight excluding hydrogens is 440 g/mol. The normalized spacial score (nSPS) is 11.6. The zero-order valence-corrected chi connectivity index (χ0v) is 19.4. The first-order valence-corrected chi connectivity index (χ1v) is 11.3. The molecule has 2 aromatic heterocycles. The Bertz CT molecular complexity index is 1160. The summed E-state index contributed by atoms with van der Waals surface area (Å²) in [5.41, 5.74) is 8.42. The van der Waals surface area contributed by atoms with E-state index in [0.29, 0.717) is 27.9 Å². The molecule has 0 bridgehead atoms. The number of benzene rings is 1. The number of likely N-dealkylation sites (N-methyl/N-ethyl adjacent to an activating group) is 1. The van der Waals surface area contributed by atoms with Crippen LogP contribution >= 0.6 is 11.3 Å². The highest BCUT2D eigenvalue weighted by molar-refractivity contribution is 7.17. The highest BCUT2D eigenvalue weighted by Gasteiger charge is 2.18. The van der Waals surface area contributed by atoms with Gasteiger partial charge in [0.1, 0.15) is 12.4 Å². The van der Waals surface area contributed by atoms with E-state index in [1.165, 1.54) is 23.1 Å². The number of amides is 1. The SMILES string of the molecule is CCOC(=O)c1cnc(N)c2c(COC(/C=C\N(C)CCc3ccccc3)=NC=O)csc12. The number of esters is 1. The van der Waals surface area contributed by atoms with E-state index in [9.17, 15) is 9.59 Å². The summed E-state index contributed by atoms with van der Waals surface area (Å²) in [7, 11) is 1.94. The van der Waals surface area contributed by atoms with Crippen molar-refractivity contribution >= 4 is 45.5 Å². The van der Waals surface area contributed by atoms with E-state index in [1.54, 1.807) is 13.0 Å². The molecule has 8 nitrogen and oxygen atoms in total. The Morgan fingerprint density at radius 1 is 1.27 bits per heavy atom. The molecule has 0 saturated heterocycles. The van der Waals surface area contributed by atoms with Gasteiger partial charge in [0.25, 0.3) is 0 Å². The van der Waals surface area contributed by atoms with Gasteiger partial charge in [-0.1, -0.05) is 30.3 Å². The van der Waals surface area contributed by atoms with Gasteiger partial charge in [-0.15, -0.1) is 11.3 Å². The zero-order valence-electron chi connectivity index (χ0n) is 18.6. The van der Waals surface area contributed by atoms with Crippen LogP contribution in [-0.2, 0) is 27.3 Å². The van der Waals surface area contributed by atoms with Crippen LogP contribution in [0.1, 0.15) is 28.4 Å². The number of rotatable bonds is 10. The fraction of sp³-hybridized carbons (Fsp3) is 0.250. The number of anilines is 1. The van der Waals surface area contributed by atoms with Gasteiger partial charge in [0.15, 0.2) is 0 Å². The van der Waals surface area contributed by atoms with E-state index < -0.39 is 5.97 Å². The summed E-state index contributed by atoms with van der Waals surface area (Å²) < 4.78 is 11.5. The quantitative estimate of drug-likeness (QED) is 0.209. The summed E-state index contributed by atoms with van der Waals surface area (Å²) in [6.45, 7) is 2.92. The Balaban J connectivity index is 1.68. The van der Waals surface area contributed by atoms with Crippen LogP contribution in [0.5, 0.6) is 0 Å². The maximum absolute atomic E-state index is 12.2. The fourth-order valence-electron chi connectivity index (χ4n) is 3.14. The van der Waals surface area contributed by atoms with Gasteiger partial charge in [0, 0.05) is 43.0 Å². The Hall–Kier alpha value is -3.72. The number of nitrogens with zero attached hydrogens (tertiary/aromatic N) is 3. The van der Waals surface area contributed by atoms with Gasteiger partial charge in [0.05, 0.1) is 16.9 Å². The van der Waals surface area contributed by atoms with Crippen LogP contribution in [0, 0.1) is 0 Å². The predicted octanol–water partition coefficient (Wildman–Crippen LogP) is 3.81. The molecule has 0 aliphatic carbocycles. The van der Waals surface area contributed by atoms with Crippen LogP contribution in [0.2, 0.25) is 0 Å². The van der Waals surface area contributed by atoms with Gasteiger partial charge in [-0.3, -0.25) is 4.79 Å². The summed E-state index contributed by atoms with van der Waals surface area (Å²) >= 11 is 1.36. The summed E-state index contributed by atoms with van der Waals surface area (Å²) in [4.78, 5) is 33.1. The molecule has 1 amide bonds. The van der Waals surface area contributed by atoms with Crippen LogP contribution < -0.4 is 5.73 Å². The molecule has 0 unspecified atom stereocenters. The molecule has 0 spiro atoms. The average Bonchev–Trinajstić information content (AvgIpc) is 3.25. The van der Waals surface area contributed by atoms with Crippen molar-refractivity contribution in [3.8, 4) is 0 Å². The molecule has 3 aromatic rings. The van der Waals surface area contributed by atoms with Crippen molar-refractivity contribution in [3.63, 3.8) is 0 Å². The first-order chi connectivity index (χ1) is 16.0. The number of nitrogen functional groups attached to an aromatic ring is 1. The molecule has 1 aromatic carbocycles. The molecule has 0 aliphatic rings. The van der Waals surface area contributed by atoms with Gasteiger partial charge < -0.3 is 20.1 Å². The lowest BCUT2D eigenvalue weighted by atomic mass is 10.1. The van der Waals surface area contributed by atoms with Gasteiger partial charge in [0.2, 0.25) is 12.3 Å². The molecule has 0 fully saturated rings. The lowest BCUT2D eigenvalue weighted by Gasteiger charge is -2.14. The van der Waals surface area contributed by atoms with Crippen molar-refractivity contribution < 1.29 is 19.1 Å². The lowest BCUT2D eigenvalue weighted by Crippen LogP contribution is -2.15. The Morgan fingerprint density at radius 3 is 2.79 bits per heavy atom. The lowest BCUT2D eigenvalue weighted by molar-refractivity contribution is -0.106. The van der Waals surface area contributed by atoms with Crippen molar-refractivity contribution in [2.45, 2.75) is 20.0 Å². The summed E-state index contributed by atoms with van der Waals surface area (Å²) in [5, 5.41) is 2.49. The third kappa shape index (κ3) is 6.39. The number of ether oxygens (including phenoxy) is 2. The molecular formula is C24H26N4O4S. The van der Waals surface area contributed by atoms with Crippen LogP contribution in [-0.4, -0.2) is 48.4 Å². The number of carbonyl (C=O) groups excluding carboxylic acids is 2. The number of carbonyl (C=O) groups is 2. The third-order valence-electron chi connectivity index (χ3n) is 4.82. The van der Waals surface area contributed by atoms with E-state index in [0.717, 1.165) is 18.5 Å². The van der Waals surface area contributed by atoms with Gasteiger partial charge >= 0.3 is 5.97 Å². The van der Waals surface area contributed by atoms with E-state index in [1.807, 2.05) is 41.7 Å². The van der Waals surface area contributed by atoms with E-state index >= 15 is 0 Å². The van der Waals surface area contributed by atoms with E-state index in [2.05, 4.69) is 22.1 Å². The summed E-state index contributed by atoms with van der Waals surface area (Å²) in [6, 6.07) is 10.2. The van der Waals surface area contributed by atoms with Crippen LogP contribution in [0.4, 0.5) is 5.82 Å². The summed E-state index contributed by atoms with van der Waals surface area (Å²) in [5.74, 6) is 0.0148. The second-order valence-corrected chi connectivity index (χ2v) is 8.02. The van der Waals surface area contributed by atoms with Crippen molar-refractivity contribution in [3.05, 3.63) is 70.9 Å². The molecule has 2 N–H and O–H groups in total. The number of aliphatic imine (C=N–C) groups is 1. The van der Waals surface area contributed by atoms with Crippen molar-refractivity contribution in [1.82, 2.24) is 9.88 Å². The number of hydrogen-bond donors (Lipinski definition) is 1. The number of fused-ring (bicyclic) bond motifs is 1. The first kappa shape index (κ1) is 23.9. The van der Waals surface area contributed by atoms with Gasteiger partial charge in [-0.2, -0.15) is 4.99 Å². The van der Waals surface area contributed by atoms with Crippen LogP contribution in [0.15, 0.2) is 59.2 Å². The number of hydrogen-bond acceptors (Lipinski definition) is 8. The van der Waals surface area contributed by atoms with Gasteiger partial charge in [-0.05, 0) is 24.3 Å². The highest BCUT2D eigenvalue weighted by atomic mass is 32.1. The average molecular weight is 467 g/mol. The number of thiophene rings is 1. The topological polar surface area (TPSA) is 107 Å². The molecule has 3 rings (SSSR count). The number of aromatic nitrogens is 1. The fourth-order valence-corrected chi connectivity index (χ4v) is 4.20. The van der Waals surface area contributed by atoms with Crippen molar-refractivity contribution in [1.29, 1.82) is 0 Å². The maximum atomic E-state index is 12.2. The second-order valence-electron chi connectivity index (χ2n) is 7.14. The van der Waals surface area contributed by atoms with Crippen LogP contribution in [0.3, 0.4) is 0 Å². The van der Waals surface area contributed by atoms with Crippen molar-refractivity contribution in [2.75, 3.05) is 25.9 Å². The largest absolute Gasteiger partial charge is 0.473 e. The molecule has 33 heavy (non-hydrogen) atoms. The Kier molecular flexibility index (Phi) is 8.54. The predicted molar refractivity (Wildman–Crippen MR) is 130 cm³/mol. The molecule has 0 atom stereocenters. The number of nitrogens with two attached hydrogens (primary N) is 1. The minimum atomic E-state index is -0.450. The molecule has 0 saturated carbocycles. The highest BCUT2D eigenvalue weighted by Crippen LogP contribution is 2.33. The number of pyridine rings is 1. The zero-order chi connectivity index (χ0) is 23.6. The molecule has 0 radical (unpaired) electrons. The Labute approximate surface area is 196 Å². The van der Waals surface area contributed by atoms with Crippen LogP contribution in [0.25, 0.3) is 10.1 Å². The molecule has 0 aliphatic heterocycles. The monoisotopic (exact) mass is 466 g/mol. The van der Waals surface area contributed by atoms with Gasteiger partial charge in [-0.25, -0.2) is 9.78 Å². The first-order valence-electron chi connectivity index (χ1n) is 10.4. The van der Waals surface area contributed by atoms with Crippen molar-refractivity contribution in [2.24, 2.45) is 4.99 Å². The molecule has 2 heterocycles. The maximum Gasteiger partial charge on any atom is 0.341 e. The second kappa shape index (κ2) is 11.8. The van der Waals surface area contributed by atoms with E-state index in [-0.39, 0.29) is 19.1 Å². The smallest absolute Gasteiger partial charge is 0.341 e. The van der Waals surface area contributed by atoms with E-state index in [4.69, 9.17) is 15.2 Å². The summed E-state index contributed by atoms with van der Waals surface area (Å²) in [6.07, 6.45) is 6.19. The minimum Gasteiger partial charge on any atom is -0.473 e. The standard InChI is InChI=1S/C24H26N4O4S/c1-3-31-24(30)19-13-26-23(25)21-18(15-33-22(19)21)14-32-20(27-16-29)10-12-28(2)11-9-17-7-5-4-6-8-17/h4-8,10,12-13,15-16H,3,9,11,14H2,1-2H3,(H2,25,26)/b12-10-,27-20?. The Morgan fingerprint density at radius 2 is 2.06 bits per heavy atom. The molecule has 172 valence electrons. The minimum absolute atomic E-state index is 0.114.